The minimum absolute atomic E-state index is 0.0143. The second-order valence-corrected chi connectivity index (χ2v) is 12.7. The predicted octanol–water partition coefficient (Wildman–Crippen LogP) is 4.95. The summed E-state index contributed by atoms with van der Waals surface area (Å²) in [6.45, 7) is 1.81. The van der Waals surface area contributed by atoms with Gasteiger partial charge in [-0.15, -0.1) is 0 Å². The number of rotatable bonds is 7. The summed E-state index contributed by atoms with van der Waals surface area (Å²) in [5.74, 6) is -3.36. The van der Waals surface area contributed by atoms with Crippen molar-refractivity contribution in [3.05, 3.63) is 90.0 Å². The van der Waals surface area contributed by atoms with Crippen molar-refractivity contribution in [2.24, 2.45) is 7.05 Å². The van der Waals surface area contributed by atoms with Gasteiger partial charge in [-0.05, 0) is 50.8 Å². The highest BCUT2D eigenvalue weighted by Gasteiger charge is 2.28. The summed E-state index contributed by atoms with van der Waals surface area (Å²) in [7, 11) is -2.46. The third kappa shape index (κ3) is 5.64. The Labute approximate surface area is 251 Å². The molecule has 2 N–H and O–H groups in total. The zero-order valence-electron chi connectivity index (χ0n) is 23.8. The van der Waals surface area contributed by atoms with Crippen molar-refractivity contribution in [2.75, 3.05) is 5.32 Å². The summed E-state index contributed by atoms with van der Waals surface area (Å²) in [6.07, 6.45) is 7.66. The van der Waals surface area contributed by atoms with Gasteiger partial charge in [0.2, 0.25) is 0 Å². The number of aryl methyl sites for hydroxylation is 2. The van der Waals surface area contributed by atoms with Crippen LogP contribution in [0.4, 0.5) is 19.0 Å². The van der Waals surface area contributed by atoms with Crippen LogP contribution in [0.3, 0.4) is 0 Å². The van der Waals surface area contributed by atoms with Crippen LogP contribution in [0.15, 0.2) is 66.2 Å². The van der Waals surface area contributed by atoms with Crippen LogP contribution < -0.4 is 10.6 Å². The summed E-state index contributed by atoms with van der Waals surface area (Å²) in [6, 6.07) is 7.28. The van der Waals surface area contributed by atoms with E-state index >= 15 is 8.78 Å². The average molecular weight is 624 g/mol. The molecule has 1 unspecified atom stereocenters. The standard InChI is InChI=1S/C30H28F3N7O3S/c1-17-6-8-21(9-7-17)44(42,43)40-14-23(22-10-18(31)13-34-29(22)40)27-24(32)12-25(33)28(38-27)36-19-4-3-5-20(11-19)37-30(41)26-15-39(2)16-35-26/h6-10,12-16,19-20H,3-5,11H2,1-2H3,(H,36,38)(H,37,41)/t19?,20-/m1/s1. The molecule has 10 nitrogen and oxygen atoms in total. The molecule has 0 radical (unpaired) electrons. The van der Waals surface area contributed by atoms with Gasteiger partial charge in [0.05, 0.1) is 17.4 Å². The number of amides is 1. The Morgan fingerprint density at radius 2 is 1.75 bits per heavy atom. The van der Waals surface area contributed by atoms with Gasteiger partial charge in [0.1, 0.15) is 17.2 Å². The third-order valence-electron chi connectivity index (χ3n) is 7.63. The van der Waals surface area contributed by atoms with Crippen molar-refractivity contribution in [1.82, 2.24) is 28.8 Å². The number of halogens is 3. The number of hydrogen-bond donors (Lipinski definition) is 2. The van der Waals surface area contributed by atoms with Crippen molar-refractivity contribution >= 4 is 32.8 Å². The molecule has 4 aromatic heterocycles. The van der Waals surface area contributed by atoms with Crippen molar-refractivity contribution in [3.8, 4) is 11.3 Å². The van der Waals surface area contributed by atoms with E-state index in [0.717, 1.165) is 40.8 Å². The lowest BCUT2D eigenvalue weighted by Crippen LogP contribution is -2.42. The second kappa shape index (κ2) is 11.4. The highest BCUT2D eigenvalue weighted by molar-refractivity contribution is 7.90. The Hall–Kier alpha value is -4.72. The van der Waals surface area contributed by atoms with Gasteiger partial charge in [-0.1, -0.05) is 17.7 Å². The summed E-state index contributed by atoms with van der Waals surface area (Å²) in [5, 5.41) is 5.96. The lowest BCUT2D eigenvalue weighted by atomic mass is 9.91. The molecule has 2 atom stereocenters. The third-order valence-corrected chi connectivity index (χ3v) is 9.29. The van der Waals surface area contributed by atoms with E-state index in [0.29, 0.717) is 18.9 Å². The van der Waals surface area contributed by atoms with Crippen LogP contribution in [-0.2, 0) is 17.1 Å². The molecule has 1 aliphatic carbocycles. The first kappa shape index (κ1) is 29.4. The molecule has 6 rings (SSSR count). The number of nitrogens with one attached hydrogen (secondary N) is 2. The van der Waals surface area contributed by atoms with E-state index < -0.39 is 27.5 Å². The molecule has 1 amide bonds. The van der Waals surface area contributed by atoms with Gasteiger partial charge >= 0.3 is 0 Å². The minimum Gasteiger partial charge on any atom is -0.365 e. The van der Waals surface area contributed by atoms with E-state index in [4.69, 9.17) is 0 Å². The fraction of sp³-hybridized carbons (Fsp3) is 0.267. The zero-order chi connectivity index (χ0) is 31.2. The monoisotopic (exact) mass is 623 g/mol. The topological polar surface area (TPSA) is 124 Å². The fourth-order valence-corrected chi connectivity index (χ4v) is 6.77. The molecular weight excluding hydrogens is 595 g/mol. The molecule has 0 aliphatic heterocycles. The molecule has 0 bridgehead atoms. The Kier molecular flexibility index (Phi) is 7.61. The quantitative estimate of drug-likeness (QED) is 0.263. The number of anilines is 1. The van der Waals surface area contributed by atoms with Gasteiger partial charge < -0.3 is 15.2 Å². The van der Waals surface area contributed by atoms with Crippen LogP contribution >= 0.6 is 0 Å². The van der Waals surface area contributed by atoms with E-state index in [-0.39, 0.29) is 56.7 Å². The SMILES string of the molecule is Cc1ccc(S(=O)(=O)n2cc(-c3nc(NC4CCC[C@@H](NC(=O)c5cn(C)cn5)C4)c(F)cc3F)c3cc(F)cnc32)cc1. The molecule has 0 spiro atoms. The number of nitrogens with zero attached hydrogens (tertiary/aromatic N) is 5. The predicted molar refractivity (Wildman–Crippen MR) is 157 cm³/mol. The van der Waals surface area contributed by atoms with Gasteiger partial charge in [0, 0.05) is 48.5 Å². The van der Waals surface area contributed by atoms with Gasteiger partial charge in [-0.3, -0.25) is 4.79 Å². The lowest BCUT2D eigenvalue weighted by Gasteiger charge is -2.30. The smallest absolute Gasteiger partial charge is 0.271 e. The molecule has 1 saturated carbocycles. The molecule has 1 fully saturated rings. The maximum absolute atomic E-state index is 15.3. The largest absolute Gasteiger partial charge is 0.365 e. The van der Waals surface area contributed by atoms with Crippen LogP contribution in [0.2, 0.25) is 0 Å². The van der Waals surface area contributed by atoms with Crippen molar-refractivity contribution in [3.63, 3.8) is 0 Å². The van der Waals surface area contributed by atoms with Crippen LogP contribution in [0.5, 0.6) is 0 Å². The van der Waals surface area contributed by atoms with E-state index in [1.165, 1.54) is 18.5 Å². The minimum atomic E-state index is -4.22. The van der Waals surface area contributed by atoms with Crippen LogP contribution in [0.25, 0.3) is 22.3 Å². The van der Waals surface area contributed by atoms with Crippen LogP contribution in [0.1, 0.15) is 41.7 Å². The van der Waals surface area contributed by atoms with Crippen LogP contribution in [-0.4, -0.2) is 49.9 Å². The number of imidazole rings is 1. The Morgan fingerprint density at radius 3 is 2.48 bits per heavy atom. The summed E-state index contributed by atoms with van der Waals surface area (Å²) < 4.78 is 74.3. The number of fused-ring (bicyclic) bond motifs is 1. The molecule has 1 aromatic carbocycles. The number of hydrogen-bond acceptors (Lipinski definition) is 7. The first-order valence-corrected chi connectivity index (χ1v) is 15.3. The molecular formula is C30H28F3N7O3S. The fourth-order valence-electron chi connectivity index (χ4n) is 5.44. The van der Waals surface area contributed by atoms with Crippen molar-refractivity contribution in [1.29, 1.82) is 0 Å². The number of pyridine rings is 2. The maximum Gasteiger partial charge on any atom is 0.271 e. The van der Waals surface area contributed by atoms with E-state index in [1.807, 2.05) is 6.92 Å². The lowest BCUT2D eigenvalue weighted by molar-refractivity contribution is 0.0921. The van der Waals surface area contributed by atoms with E-state index in [2.05, 4.69) is 25.6 Å². The van der Waals surface area contributed by atoms with Gasteiger partial charge in [-0.2, -0.15) is 0 Å². The summed E-state index contributed by atoms with van der Waals surface area (Å²) in [5.41, 5.74) is 0.542. The molecule has 5 aromatic rings. The van der Waals surface area contributed by atoms with Crippen molar-refractivity contribution in [2.45, 2.75) is 49.6 Å². The van der Waals surface area contributed by atoms with E-state index in [1.54, 1.807) is 29.9 Å². The average Bonchev–Trinajstić information content (AvgIpc) is 3.59. The highest BCUT2D eigenvalue weighted by Crippen LogP contribution is 2.35. The van der Waals surface area contributed by atoms with Crippen LogP contribution in [0, 0.1) is 24.4 Å². The highest BCUT2D eigenvalue weighted by atomic mass is 32.2. The molecule has 44 heavy (non-hydrogen) atoms. The molecule has 1 aliphatic rings. The number of carbonyl (C=O) groups excluding carboxylic acids is 1. The molecule has 4 heterocycles. The second-order valence-electron chi connectivity index (χ2n) is 10.9. The van der Waals surface area contributed by atoms with E-state index in [9.17, 15) is 17.6 Å². The molecule has 228 valence electrons. The Balaban J connectivity index is 1.32. The zero-order valence-corrected chi connectivity index (χ0v) is 24.6. The number of aromatic nitrogens is 5. The van der Waals surface area contributed by atoms with Crippen molar-refractivity contribution < 1.29 is 26.4 Å². The summed E-state index contributed by atoms with van der Waals surface area (Å²) in [4.78, 5) is 24.8. The first-order chi connectivity index (χ1) is 21.0. The molecule has 0 saturated heterocycles. The Morgan fingerprint density at radius 1 is 1.00 bits per heavy atom. The number of carbonyl (C=O) groups is 1. The molecule has 14 heteroatoms. The number of benzene rings is 1. The normalized spacial score (nSPS) is 17.1. The van der Waals surface area contributed by atoms with Gasteiger partial charge in [0.25, 0.3) is 15.9 Å². The van der Waals surface area contributed by atoms with Gasteiger partial charge in [-0.25, -0.2) is 40.5 Å². The maximum atomic E-state index is 15.3. The summed E-state index contributed by atoms with van der Waals surface area (Å²) >= 11 is 0. The van der Waals surface area contributed by atoms with Gasteiger partial charge in [0.15, 0.2) is 23.1 Å². The Bertz CT molecular complexity index is 1990. The first-order valence-electron chi connectivity index (χ1n) is 13.9.